The van der Waals surface area contributed by atoms with Gasteiger partial charge in [-0.05, 0) is 44.1 Å². The summed E-state index contributed by atoms with van der Waals surface area (Å²) in [6.07, 6.45) is 7.28. The molecule has 4 unspecified atom stereocenters. The number of likely N-dealkylation sites (tertiary alicyclic amines) is 1. The summed E-state index contributed by atoms with van der Waals surface area (Å²) in [5, 5.41) is 10.7. The van der Waals surface area contributed by atoms with Crippen LogP contribution in [0, 0.1) is 17.8 Å². The van der Waals surface area contributed by atoms with E-state index in [1.165, 1.54) is 0 Å². The molecule has 3 aliphatic heterocycles. The van der Waals surface area contributed by atoms with Crippen LogP contribution in [0.1, 0.15) is 58.9 Å². The van der Waals surface area contributed by atoms with Crippen molar-refractivity contribution in [1.29, 1.82) is 0 Å². The van der Waals surface area contributed by atoms with Crippen molar-refractivity contribution in [3.8, 4) is 0 Å². The third-order valence-electron chi connectivity index (χ3n) is 9.62. The third kappa shape index (κ3) is 5.57. The Bertz CT molecular complexity index is 1140. The van der Waals surface area contributed by atoms with Crippen LogP contribution in [-0.4, -0.2) is 91.9 Å². The Kier molecular flexibility index (Phi) is 10.6. The molecule has 42 heavy (non-hydrogen) atoms. The molecule has 2 bridgehead atoms. The van der Waals surface area contributed by atoms with Crippen LogP contribution >= 0.6 is 11.8 Å². The molecule has 4 rings (SSSR count). The molecule has 0 saturated carbocycles. The van der Waals surface area contributed by atoms with Gasteiger partial charge in [0.05, 0.1) is 29.2 Å². The molecule has 3 fully saturated rings. The first-order valence-electron chi connectivity index (χ1n) is 15.7. The summed E-state index contributed by atoms with van der Waals surface area (Å²) in [6, 6.07) is 8.42. The van der Waals surface area contributed by atoms with Crippen LogP contribution in [0.4, 0.5) is 0 Å². The Morgan fingerprint density at radius 3 is 2.43 bits per heavy atom. The van der Waals surface area contributed by atoms with Gasteiger partial charge in [-0.25, -0.2) is 0 Å². The Balaban J connectivity index is 1.84. The highest BCUT2D eigenvalue weighted by Crippen LogP contribution is 2.69. The van der Waals surface area contributed by atoms with Crippen molar-refractivity contribution in [3.63, 3.8) is 0 Å². The number of fused-ring (bicyclic) bond motifs is 1. The van der Waals surface area contributed by atoms with E-state index in [4.69, 9.17) is 0 Å². The van der Waals surface area contributed by atoms with E-state index in [1.54, 1.807) is 28.8 Å². The lowest BCUT2D eigenvalue weighted by Crippen LogP contribution is -2.60. The maximum Gasteiger partial charge on any atom is 0.247 e. The maximum atomic E-state index is 14.8. The van der Waals surface area contributed by atoms with Crippen LogP contribution < -0.4 is 0 Å². The van der Waals surface area contributed by atoms with Gasteiger partial charge in [-0.1, -0.05) is 69.7 Å². The second-order valence-corrected chi connectivity index (χ2v) is 13.9. The fraction of sp³-hybridized carbons (Fsp3) is 0.618. The van der Waals surface area contributed by atoms with Crippen LogP contribution in [0.15, 0.2) is 55.6 Å². The van der Waals surface area contributed by atoms with Gasteiger partial charge in [0, 0.05) is 30.9 Å². The topological polar surface area (TPSA) is 81.2 Å². The first-order valence-corrected chi connectivity index (χ1v) is 16.5. The van der Waals surface area contributed by atoms with Crippen LogP contribution in [0.3, 0.4) is 0 Å². The Morgan fingerprint density at radius 1 is 1.14 bits per heavy atom. The van der Waals surface area contributed by atoms with E-state index >= 15 is 0 Å². The molecule has 3 aliphatic rings. The van der Waals surface area contributed by atoms with Crippen molar-refractivity contribution >= 4 is 29.5 Å². The van der Waals surface area contributed by atoms with Crippen LogP contribution in [0.25, 0.3) is 0 Å². The highest BCUT2D eigenvalue weighted by Gasteiger charge is 2.77. The van der Waals surface area contributed by atoms with Gasteiger partial charge in [0.15, 0.2) is 0 Å². The predicted octanol–water partition coefficient (Wildman–Crippen LogP) is 4.56. The average Bonchev–Trinajstić information content (AvgIpc) is 3.58. The number of rotatable bonds is 15. The van der Waals surface area contributed by atoms with Gasteiger partial charge in [0.1, 0.15) is 6.04 Å². The van der Waals surface area contributed by atoms with E-state index in [2.05, 4.69) is 33.9 Å². The summed E-state index contributed by atoms with van der Waals surface area (Å²) in [6.45, 7) is 17.3. The van der Waals surface area contributed by atoms with Gasteiger partial charge in [0.2, 0.25) is 17.7 Å². The van der Waals surface area contributed by atoms with E-state index in [9.17, 15) is 19.5 Å². The van der Waals surface area contributed by atoms with Gasteiger partial charge in [-0.3, -0.25) is 14.4 Å². The summed E-state index contributed by atoms with van der Waals surface area (Å²) in [7, 11) is 0. The fourth-order valence-electron chi connectivity index (χ4n) is 7.84. The zero-order chi connectivity index (χ0) is 30.6. The number of carbonyl (C=O) groups is 3. The second-order valence-electron chi connectivity index (χ2n) is 12.3. The predicted molar refractivity (Wildman–Crippen MR) is 170 cm³/mol. The number of thioether (sulfide) groups is 1. The summed E-state index contributed by atoms with van der Waals surface area (Å²) in [5.74, 6) is -1.32. The number of hydrogen-bond donors (Lipinski definition) is 1. The molecule has 0 aromatic heterocycles. The molecule has 0 aliphatic carbocycles. The largest absolute Gasteiger partial charge is 0.394 e. The highest BCUT2D eigenvalue weighted by atomic mass is 32.2. The number of hydrogen-bond acceptors (Lipinski definition) is 5. The van der Waals surface area contributed by atoms with E-state index in [0.29, 0.717) is 26.1 Å². The number of aliphatic hydroxyl groups is 1. The minimum absolute atomic E-state index is 0.0136. The molecule has 3 heterocycles. The number of amides is 3. The van der Waals surface area contributed by atoms with Crippen molar-refractivity contribution < 1.29 is 19.5 Å². The normalized spacial score (nSPS) is 29.2. The summed E-state index contributed by atoms with van der Waals surface area (Å²) in [5.41, 5.74) is 0.991. The van der Waals surface area contributed by atoms with Crippen molar-refractivity contribution in [2.24, 2.45) is 17.8 Å². The molecule has 0 radical (unpaired) electrons. The Morgan fingerprint density at radius 2 is 1.83 bits per heavy atom. The lowest BCUT2D eigenvalue weighted by atomic mass is 9.65. The average molecular weight is 596 g/mol. The number of benzene rings is 1. The summed E-state index contributed by atoms with van der Waals surface area (Å²) < 4.78 is -0.735. The lowest BCUT2D eigenvalue weighted by molar-refractivity contribution is -0.147. The third-order valence-corrected chi connectivity index (χ3v) is 11.7. The van der Waals surface area contributed by atoms with E-state index in [1.807, 2.05) is 47.1 Å². The molecule has 3 amide bonds. The minimum Gasteiger partial charge on any atom is -0.394 e. The molecule has 230 valence electrons. The monoisotopic (exact) mass is 595 g/mol. The molecule has 1 spiro atoms. The first kappa shape index (κ1) is 32.3. The van der Waals surface area contributed by atoms with E-state index in [-0.39, 0.29) is 41.5 Å². The summed E-state index contributed by atoms with van der Waals surface area (Å²) in [4.78, 5) is 49.2. The van der Waals surface area contributed by atoms with Crippen LogP contribution in [0.2, 0.25) is 0 Å². The molecule has 1 aromatic rings. The number of nitrogens with zero attached hydrogens (tertiary/aromatic N) is 3. The van der Waals surface area contributed by atoms with Crippen molar-refractivity contribution in [2.75, 3.05) is 26.2 Å². The molecule has 8 atom stereocenters. The highest BCUT2D eigenvalue weighted by molar-refractivity contribution is 8.02. The quantitative estimate of drug-likeness (QED) is 0.301. The lowest BCUT2D eigenvalue weighted by Gasteiger charge is -2.43. The standard InChI is InChI=1S/C34H49N3O4S/c1-7-14-24(6)36(19-10-4)33(41)30-34-23(5)20-27(42-34)28(31(39)35(17-8-2)18-9-3)29(34)32(40)37(30)26(22-38)21-25-15-12-11-13-16-25/h8,10-13,15-16,23-24,26-30,38H,2,4,7,9,14,17-22H2,1,3,5-6H3/t23?,24?,26-,27+,28-,29+,30?,34?/m1/s1. The Hall–Kier alpha value is -2.58. The van der Waals surface area contributed by atoms with Crippen molar-refractivity contribution in [1.82, 2.24) is 14.7 Å². The van der Waals surface area contributed by atoms with Crippen molar-refractivity contribution in [2.45, 2.75) is 87.9 Å². The van der Waals surface area contributed by atoms with Crippen LogP contribution in [-0.2, 0) is 20.8 Å². The number of carbonyl (C=O) groups excluding carboxylic acids is 3. The Labute approximate surface area is 256 Å². The van der Waals surface area contributed by atoms with Gasteiger partial charge in [-0.2, -0.15) is 0 Å². The molecular weight excluding hydrogens is 546 g/mol. The molecule has 1 aromatic carbocycles. The van der Waals surface area contributed by atoms with Gasteiger partial charge in [0.25, 0.3) is 0 Å². The second kappa shape index (κ2) is 13.8. The zero-order valence-electron chi connectivity index (χ0n) is 25.8. The smallest absolute Gasteiger partial charge is 0.247 e. The molecular formula is C34H49N3O4S. The SMILES string of the molecule is C=CCN(CCC)C(=O)[C@@H]1[C@@H]2CC(C)C3(S2)C(C(=O)N(CC=C)C(C)CCC)N([C@@H](CO)Cc2ccccc2)C(=O)[C@H]13. The zero-order valence-corrected chi connectivity index (χ0v) is 26.6. The molecule has 1 N–H and O–H groups in total. The first-order chi connectivity index (χ1) is 20.2. The van der Waals surface area contributed by atoms with Gasteiger partial charge >= 0.3 is 0 Å². The fourth-order valence-corrected chi connectivity index (χ4v) is 10.2. The molecule has 8 heteroatoms. The minimum atomic E-state index is -0.767. The number of aliphatic hydroxyl groups excluding tert-OH is 1. The van der Waals surface area contributed by atoms with Crippen molar-refractivity contribution in [3.05, 3.63) is 61.2 Å². The summed E-state index contributed by atoms with van der Waals surface area (Å²) >= 11 is 1.70. The molecule has 3 saturated heterocycles. The van der Waals surface area contributed by atoms with Gasteiger partial charge in [-0.15, -0.1) is 24.9 Å². The van der Waals surface area contributed by atoms with E-state index < -0.39 is 28.7 Å². The maximum absolute atomic E-state index is 14.8. The molecule has 7 nitrogen and oxygen atoms in total. The van der Waals surface area contributed by atoms with E-state index in [0.717, 1.165) is 31.2 Å². The van der Waals surface area contributed by atoms with Crippen LogP contribution in [0.5, 0.6) is 0 Å². The van der Waals surface area contributed by atoms with Gasteiger partial charge < -0.3 is 19.8 Å².